The van der Waals surface area contributed by atoms with Crippen molar-refractivity contribution >= 4 is 46.6 Å². The second-order valence-electron chi connectivity index (χ2n) is 6.90. The summed E-state index contributed by atoms with van der Waals surface area (Å²) in [6, 6.07) is 16.0. The third-order valence-electron chi connectivity index (χ3n) is 4.76. The molecule has 2 aromatic carbocycles. The second-order valence-corrected chi connectivity index (χ2v) is 8.69. The molecule has 4 rings (SSSR count). The van der Waals surface area contributed by atoms with Crippen LogP contribution in [-0.4, -0.2) is 31.4 Å². The molecule has 0 spiro atoms. The zero-order valence-corrected chi connectivity index (χ0v) is 19.6. The average Bonchev–Trinajstić information content (AvgIpc) is 3.24. The van der Waals surface area contributed by atoms with Gasteiger partial charge >= 0.3 is 0 Å². The Kier molecular flexibility index (Phi) is 6.94. The number of benzene rings is 2. The number of nitrogens with one attached hydrogen (secondary N) is 1. The van der Waals surface area contributed by atoms with Crippen LogP contribution in [0.4, 0.5) is 5.69 Å². The number of pyridine rings is 1. The molecule has 0 bridgehead atoms. The third-order valence-corrected chi connectivity index (χ3v) is 6.33. The zero-order valence-electron chi connectivity index (χ0n) is 17.3. The fourth-order valence-electron chi connectivity index (χ4n) is 3.14. The molecule has 10 heteroatoms. The van der Waals surface area contributed by atoms with Crippen molar-refractivity contribution in [3.63, 3.8) is 0 Å². The Morgan fingerprint density at radius 2 is 1.94 bits per heavy atom. The molecule has 7 nitrogen and oxygen atoms in total. The summed E-state index contributed by atoms with van der Waals surface area (Å²) in [6.07, 6.45) is 3.36. The highest BCUT2D eigenvalue weighted by molar-refractivity contribution is 7.99. The molecular weight excluding hydrogens is 479 g/mol. The number of rotatable bonds is 6. The highest BCUT2D eigenvalue weighted by Crippen LogP contribution is 2.31. The van der Waals surface area contributed by atoms with Crippen molar-refractivity contribution in [3.8, 4) is 23.1 Å². The molecule has 0 saturated carbocycles. The average molecular weight is 495 g/mol. The number of hydrogen-bond acceptors (Lipinski definition) is 6. The Morgan fingerprint density at radius 3 is 2.70 bits per heavy atom. The summed E-state index contributed by atoms with van der Waals surface area (Å²) in [4.78, 5) is 16.7. The number of aromatic nitrogens is 4. The van der Waals surface area contributed by atoms with E-state index in [4.69, 9.17) is 23.2 Å². The minimum absolute atomic E-state index is 0.0471. The molecule has 0 radical (unpaired) electrons. The summed E-state index contributed by atoms with van der Waals surface area (Å²) in [5.41, 5.74) is 3.18. The Bertz CT molecular complexity index is 1370. The molecule has 0 aliphatic rings. The molecule has 2 heterocycles. The van der Waals surface area contributed by atoms with Crippen LogP contribution in [0, 0.1) is 18.3 Å². The number of amides is 1. The normalized spacial score (nSPS) is 10.6. The fourth-order valence-corrected chi connectivity index (χ4v) is 4.23. The molecule has 0 aliphatic heterocycles. The molecule has 0 aliphatic carbocycles. The molecule has 4 aromatic rings. The van der Waals surface area contributed by atoms with E-state index in [2.05, 4.69) is 20.5 Å². The standard InChI is InChI=1S/C23H16Cl2N6OS/c1-14-18(25)3-2-4-20(14)31-22(15-7-9-27-10-8-15)29-30-23(31)33-13-21(32)28-19-11-17(24)6-5-16(19)12-26/h2-11H,13H2,1H3,(H,28,32). The molecule has 164 valence electrons. The topological polar surface area (TPSA) is 96.5 Å². The number of nitrogens with zero attached hydrogens (tertiary/aromatic N) is 5. The lowest BCUT2D eigenvalue weighted by atomic mass is 10.2. The first-order valence-corrected chi connectivity index (χ1v) is 11.5. The first-order valence-electron chi connectivity index (χ1n) is 9.71. The van der Waals surface area contributed by atoms with E-state index in [9.17, 15) is 10.1 Å². The van der Waals surface area contributed by atoms with Crippen LogP contribution >= 0.6 is 35.0 Å². The lowest BCUT2D eigenvalue weighted by Crippen LogP contribution is -2.15. The van der Waals surface area contributed by atoms with Gasteiger partial charge in [-0.3, -0.25) is 14.3 Å². The van der Waals surface area contributed by atoms with Crippen LogP contribution in [0.5, 0.6) is 0 Å². The van der Waals surface area contributed by atoms with Crippen LogP contribution in [0.15, 0.2) is 66.1 Å². The van der Waals surface area contributed by atoms with E-state index in [-0.39, 0.29) is 11.7 Å². The van der Waals surface area contributed by atoms with Crippen LogP contribution in [-0.2, 0) is 4.79 Å². The van der Waals surface area contributed by atoms with Gasteiger partial charge in [-0.05, 0) is 55.0 Å². The van der Waals surface area contributed by atoms with Gasteiger partial charge in [-0.25, -0.2) is 0 Å². The van der Waals surface area contributed by atoms with E-state index in [1.54, 1.807) is 30.6 Å². The van der Waals surface area contributed by atoms with Crippen LogP contribution in [0.1, 0.15) is 11.1 Å². The summed E-state index contributed by atoms with van der Waals surface area (Å²) >= 11 is 13.6. The predicted molar refractivity (Wildman–Crippen MR) is 130 cm³/mol. The first-order chi connectivity index (χ1) is 16.0. The number of hydrogen-bond donors (Lipinski definition) is 1. The molecule has 0 saturated heterocycles. The van der Waals surface area contributed by atoms with E-state index >= 15 is 0 Å². The summed E-state index contributed by atoms with van der Waals surface area (Å²) in [5.74, 6) is 0.347. The number of carbonyl (C=O) groups excluding carboxylic acids is 1. The van der Waals surface area contributed by atoms with E-state index in [0.717, 1.165) is 16.8 Å². The van der Waals surface area contributed by atoms with Crippen LogP contribution in [0.25, 0.3) is 17.1 Å². The SMILES string of the molecule is Cc1c(Cl)cccc1-n1c(SCC(=O)Nc2cc(Cl)ccc2C#N)nnc1-c1ccncc1. The van der Waals surface area contributed by atoms with E-state index in [1.807, 2.05) is 47.9 Å². The van der Waals surface area contributed by atoms with Crippen molar-refractivity contribution in [2.75, 3.05) is 11.1 Å². The summed E-state index contributed by atoms with van der Waals surface area (Å²) in [6.45, 7) is 1.91. The summed E-state index contributed by atoms with van der Waals surface area (Å²) in [5, 5.41) is 22.3. The summed E-state index contributed by atoms with van der Waals surface area (Å²) in [7, 11) is 0. The number of nitriles is 1. The largest absolute Gasteiger partial charge is 0.324 e. The minimum Gasteiger partial charge on any atom is -0.324 e. The second kappa shape index (κ2) is 10.0. The Labute approximate surface area is 204 Å². The smallest absolute Gasteiger partial charge is 0.234 e. The molecule has 0 unspecified atom stereocenters. The minimum atomic E-state index is -0.304. The van der Waals surface area contributed by atoms with Crippen molar-refractivity contribution < 1.29 is 4.79 Å². The van der Waals surface area contributed by atoms with Gasteiger partial charge in [0.2, 0.25) is 5.91 Å². The highest BCUT2D eigenvalue weighted by Gasteiger charge is 2.19. The molecular formula is C23H16Cl2N6OS. The Balaban J connectivity index is 1.64. The molecule has 1 amide bonds. The number of anilines is 1. The number of halogens is 2. The molecule has 33 heavy (non-hydrogen) atoms. The van der Waals surface area contributed by atoms with Gasteiger partial charge in [0.05, 0.1) is 22.7 Å². The van der Waals surface area contributed by atoms with Crippen LogP contribution in [0.2, 0.25) is 10.0 Å². The zero-order chi connectivity index (χ0) is 23.4. The van der Waals surface area contributed by atoms with Gasteiger partial charge in [0, 0.05) is 28.0 Å². The molecule has 0 atom stereocenters. The molecule has 2 aromatic heterocycles. The Morgan fingerprint density at radius 1 is 1.15 bits per heavy atom. The lowest BCUT2D eigenvalue weighted by Gasteiger charge is -2.14. The number of carbonyl (C=O) groups is 1. The van der Waals surface area contributed by atoms with Gasteiger partial charge in [0.25, 0.3) is 0 Å². The maximum Gasteiger partial charge on any atom is 0.234 e. The summed E-state index contributed by atoms with van der Waals surface area (Å²) < 4.78 is 1.87. The van der Waals surface area contributed by atoms with E-state index in [1.165, 1.54) is 11.8 Å². The maximum absolute atomic E-state index is 12.6. The quantitative estimate of drug-likeness (QED) is 0.353. The van der Waals surface area contributed by atoms with Crippen molar-refractivity contribution in [1.29, 1.82) is 5.26 Å². The first kappa shape index (κ1) is 22.8. The van der Waals surface area contributed by atoms with E-state index < -0.39 is 0 Å². The molecule has 0 fully saturated rings. The highest BCUT2D eigenvalue weighted by atomic mass is 35.5. The maximum atomic E-state index is 12.6. The fraction of sp³-hybridized carbons (Fsp3) is 0.0870. The predicted octanol–water partition coefficient (Wildman–Crippen LogP) is 5.55. The van der Waals surface area contributed by atoms with Crippen molar-refractivity contribution in [1.82, 2.24) is 19.7 Å². The van der Waals surface area contributed by atoms with Gasteiger partial charge in [0.15, 0.2) is 11.0 Å². The van der Waals surface area contributed by atoms with Gasteiger partial charge in [-0.2, -0.15) is 5.26 Å². The van der Waals surface area contributed by atoms with Crippen molar-refractivity contribution in [2.45, 2.75) is 12.1 Å². The van der Waals surface area contributed by atoms with Crippen LogP contribution < -0.4 is 5.32 Å². The number of thioether (sulfide) groups is 1. The van der Waals surface area contributed by atoms with E-state index in [0.29, 0.717) is 32.3 Å². The lowest BCUT2D eigenvalue weighted by molar-refractivity contribution is -0.113. The van der Waals surface area contributed by atoms with Crippen molar-refractivity contribution in [2.24, 2.45) is 0 Å². The van der Waals surface area contributed by atoms with Gasteiger partial charge in [-0.1, -0.05) is 41.0 Å². The van der Waals surface area contributed by atoms with Crippen molar-refractivity contribution in [3.05, 3.63) is 82.1 Å². The monoisotopic (exact) mass is 494 g/mol. The Hall–Kier alpha value is -3.38. The van der Waals surface area contributed by atoms with Crippen LogP contribution in [0.3, 0.4) is 0 Å². The molecule has 1 N–H and O–H groups in total. The van der Waals surface area contributed by atoms with Gasteiger partial charge in [-0.15, -0.1) is 10.2 Å². The third kappa shape index (κ3) is 5.01. The van der Waals surface area contributed by atoms with Gasteiger partial charge in [0.1, 0.15) is 6.07 Å². The van der Waals surface area contributed by atoms with Gasteiger partial charge < -0.3 is 5.32 Å².